The Labute approximate surface area is 112 Å². The average Bonchev–Trinajstić information content (AvgIpc) is 2.38. The monoisotopic (exact) mass is 282 g/mol. The Bertz CT molecular complexity index is 642. The number of carbonyl (C=O) groups is 1. The molecule has 2 aromatic rings. The molecule has 1 amide bonds. The minimum Gasteiger partial charge on any atom is -0.438 e. The number of nitrogens with two attached hydrogens (primary N) is 1. The summed E-state index contributed by atoms with van der Waals surface area (Å²) in [5.74, 6) is -1.55. The third kappa shape index (κ3) is 2.87. The van der Waals surface area contributed by atoms with Crippen molar-refractivity contribution in [2.24, 2.45) is 5.73 Å². The number of aromatic nitrogens is 1. The Hall–Kier alpha value is -2.57. The van der Waals surface area contributed by atoms with Gasteiger partial charge in [-0.1, -0.05) is 12.1 Å². The minimum absolute atomic E-state index is 0.0931. The average molecular weight is 282 g/mol. The molecule has 2 rings (SSSR count). The van der Waals surface area contributed by atoms with Gasteiger partial charge in [0.05, 0.1) is 5.56 Å². The molecule has 0 saturated heterocycles. The summed E-state index contributed by atoms with van der Waals surface area (Å²) in [6, 6.07) is 7.40. The first-order valence-corrected chi connectivity index (χ1v) is 5.48. The van der Waals surface area contributed by atoms with Crippen molar-refractivity contribution in [1.29, 1.82) is 0 Å². The number of halogens is 3. The Morgan fingerprint density at radius 2 is 1.85 bits per heavy atom. The molecule has 0 aliphatic heterocycles. The molecule has 0 fully saturated rings. The molecule has 1 heterocycles. The summed E-state index contributed by atoms with van der Waals surface area (Å²) in [6.07, 6.45) is -3.28. The van der Waals surface area contributed by atoms with Crippen LogP contribution in [0.3, 0.4) is 0 Å². The van der Waals surface area contributed by atoms with Crippen LogP contribution in [0.4, 0.5) is 13.2 Å². The van der Waals surface area contributed by atoms with Gasteiger partial charge < -0.3 is 10.5 Å². The number of pyridine rings is 1. The summed E-state index contributed by atoms with van der Waals surface area (Å²) in [6.45, 7) is 0. The first-order chi connectivity index (χ1) is 9.39. The zero-order valence-electron chi connectivity index (χ0n) is 10.0. The van der Waals surface area contributed by atoms with Gasteiger partial charge in [0.1, 0.15) is 11.3 Å². The van der Waals surface area contributed by atoms with Crippen LogP contribution in [-0.2, 0) is 6.18 Å². The molecular weight excluding hydrogens is 273 g/mol. The number of hydrogen-bond donors (Lipinski definition) is 1. The molecule has 0 aliphatic carbocycles. The summed E-state index contributed by atoms with van der Waals surface area (Å²) in [5.41, 5.74) is 4.06. The van der Waals surface area contributed by atoms with Gasteiger partial charge in [0.25, 0.3) is 5.91 Å². The van der Waals surface area contributed by atoms with Gasteiger partial charge in [0, 0.05) is 6.20 Å². The predicted molar refractivity (Wildman–Crippen MR) is 64.3 cm³/mol. The summed E-state index contributed by atoms with van der Waals surface area (Å²) >= 11 is 0. The first-order valence-electron chi connectivity index (χ1n) is 5.48. The molecule has 20 heavy (non-hydrogen) atoms. The van der Waals surface area contributed by atoms with Crippen molar-refractivity contribution >= 4 is 5.91 Å². The van der Waals surface area contributed by atoms with Gasteiger partial charge in [0.2, 0.25) is 5.88 Å². The van der Waals surface area contributed by atoms with E-state index in [0.29, 0.717) is 0 Å². The normalized spacial score (nSPS) is 11.2. The third-order valence-corrected chi connectivity index (χ3v) is 2.44. The van der Waals surface area contributed by atoms with Gasteiger partial charge in [-0.15, -0.1) is 0 Å². The minimum atomic E-state index is -4.57. The van der Waals surface area contributed by atoms with Crippen molar-refractivity contribution in [3.63, 3.8) is 0 Å². The standard InChI is InChI=1S/C13H9F3N2O2/c14-13(15,16)9-5-1-2-6-10(9)20-12-8(11(17)19)4-3-7-18-12/h1-7H,(H2,17,19). The van der Waals surface area contributed by atoms with E-state index in [-0.39, 0.29) is 11.4 Å². The second-order valence-electron chi connectivity index (χ2n) is 3.82. The highest BCUT2D eigenvalue weighted by molar-refractivity contribution is 5.95. The van der Waals surface area contributed by atoms with E-state index in [2.05, 4.69) is 4.98 Å². The molecule has 0 radical (unpaired) electrons. The van der Waals surface area contributed by atoms with Gasteiger partial charge in [0.15, 0.2) is 0 Å². The Kier molecular flexibility index (Phi) is 3.60. The molecule has 4 nitrogen and oxygen atoms in total. The highest BCUT2D eigenvalue weighted by Gasteiger charge is 2.34. The summed E-state index contributed by atoms with van der Waals surface area (Å²) < 4.78 is 43.6. The molecule has 2 N–H and O–H groups in total. The van der Waals surface area contributed by atoms with Crippen LogP contribution >= 0.6 is 0 Å². The third-order valence-electron chi connectivity index (χ3n) is 2.44. The van der Waals surface area contributed by atoms with E-state index in [1.807, 2.05) is 0 Å². The number of ether oxygens (including phenoxy) is 1. The van der Waals surface area contributed by atoms with E-state index in [1.54, 1.807) is 0 Å². The Morgan fingerprint density at radius 3 is 2.50 bits per heavy atom. The van der Waals surface area contributed by atoms with Gasteiger partial charge in [-0.2, -0.15) is 13.2 Å². The van der Waals surface area contributed by atoms with Crippen molar-refractivity contribution < 1.29 is 22.7 Å². The lowest BCUT2D eigenvalue weighted by Crippen LogP contribution is -2.13. The Morgan fingerprint density at radius 1 is 1.15 bits per heavy atom. The van der Waals surface area contributed by atoms with E-state index >= 15 is 0 Å². The van der Waals surface area contributed by atoms with E-state index in [9.17, 15) is 18.0 Å². The summed E-state index contributed by atoms with van der Waals surface area (Å²) in [7, 11) is 0. The van der Waals surface area contributed by atoms with Crippen molar-refractivity contribution in [2.45, 2.75) is 6.18 Å². The van der Waals surface area contributed by atoms with E-state index in [1.165, 1.54) is 30.5 Å². The second kappa shape index (κ2) is 5.20. The van der Waals surface area contributed by atoms with Crippen LogP contribution in [0.1, 0.15) is 15.9 Å². The van der Waals surface area contributed by atoms with Crippen LogP contribution in [0.5, 0.6) is 11.6 Å². The molecule has 1 aromatic heterocycles. The topological polar surface area (TPSA) is 65.2 Å². The van der Waals surface area contributed by atoms with Crippen LogP contribution in [0.25, 0.3) is 0 Å². The zero-order valence-corrected chi connectivity index (χ0v) is 10.0. The van der Waals surface area contributed by atoms with Crippen molar-refractivity contribution in [3.8, 4) is 11.6 Å². The number of benzene rings is 1. The fourth-order valence-corrected chi connectivity index (χ4v) is 1.55. The molecule has 104 valence electrons. The molecule has 0 aliphatic rings. The molecular formula is C13H9F3N2O2. The SMILES string of the molecule is NC(=O)c1cccnc1Oc1ccccc1C(F)(F)F. The van der Waals surface area contributed by atoms with Gasteiger partial charge in [-0.25, -0.2) is 4.98 Å². The molecule has 7 heteroatoms. The van der Waals surface area contributed by atoms with Crippen molar-refractivity contribution in [3.05, 3.63) is 53.7 Å². The maximum atomic E-state index is 12.8. The number of rotatable bonds is 3. The second-order valence-corrected chi connectivity index (χ2v) is 3.82. The number of alkyl halides is 3. The van der Waals surface area contributed by atoms with E-state index < -0.39 is 23.4 Å². The maximum absolute atomic E-state index is 12.8. The molecule has 1 aromatic carbocycles. The molecule has 0 atom stereocenters. The zero-order chi connectivity index (χ0) is 14.8. The number of hydrogen-bond acceptors (Lipinski definition) is 3. The lowest BCUT2D eigenvalue weighted by molar-refractivity contribution is -0.138. The number of primary amides is 1. The largest absolute Gasteiger partial charge is 0.438 e. The molecule has 0 saturated carbocycles. The van der Waals surface area contributed by atoms with Crippen LogP contribution in [-0.4, -0.2) is 10.9 Å². The number of nitrogens with zero attached hydrogens (tertiary/aromatic N) is 1. The lowest BCUT2D eigenvalue weighted by atomic mass is 10.2. The van der Waals surface area contributed by atoms with Gasteiger partial charge >= 0.3 is 6.18 Å². The highest BCUT2D eigenvalue weighted by atomic mass is 19.4. The Balaban J connectivity index is 2.44. The smallest absolute Gasteiger partial charge is 0.419 e. The van der Waals surface area contributed by atoms with Crippen LogP contribution < -0.4 is 10.5 Å². The lowest BCUT2D eigenvalue weighted by Gasteiger charge is -2.13. The quantitative estimate of drug-likeness (QED) is 0.941. The molecule has 0 spiro atoms. The first kappa shape index (κ1) is 13.9. The highest BCUT2D eigenvalue weighted by Crippen LogP contribution is 2.37. The predicted octanol–water partition coefficient (Wildman–Crippen LogP) is 2.99. The molecule has 0 bridgehead atoms. The van der Waals surface area contributed by atoms with E-state index in [0.717, 1.165) is 12.1 Å². The number of para-hydroxylation sites is 1. The molecule has 0 unspecified atom stereocenters. The van der Waals surface area contributed by atoms with Crippen LogP contribution in [0.2, 0.25) is 0 Å². The van der Waals surface area contributed by atoms with Gasteiger partial charge in [-0.05, 0) is 24.3 Å². The van der Waals surface area contributed by atoms with Crippen LogP contribution in [0, 0.1) is 0 Å². The summed E-state index contributed by atoms with van der Waals surface area (Å²) in [4.78, 5) is 14.9. The summed E-state index contributed by atoms with van der Waals surface area (Å²) in [5, 5.41) is 0. The van der Waals surface area contributed by atoms with Crippen molar-refractivity contribution in [2.75, 3.05) is 0 Å². The van der Waals surface area contributed by atoms with Gasteiger partial charge in [-0.3, -0.25) is 4.79 Å². The van der Waals surface area contributed by atoms with E-state index in [4.69, 9.17) is 10.5 Å². The fourth-order valence-electron chi connectivity index (χ4n) is 1.55. The van der Waals surface area contributed by atoms with Crippen molar-refractivity contribution in [1.82, 2.24) is 4.98 Å². The number of carbonyl (C=O) groups excluding carboxylic acids is 1. The number of amides is 1. The maximum Gasteiger partial charge on any atom is 0.419 e. The fraction of sp³-hybridized carbons (Fsp3) is 0.0769. The van der Waals surface area contributed by atoms with Crippen LogP contribution in [0.15, 0.2) is 42.6 Å².